The van der Waals surface area contributed by atoms with Gasteiger partial charge in [0.15, 0.2) is 0 Å². The van der Waals surface area contributed by atoms with Gasteiger partial charge in [0.1, 0.15) is 0 Å². The minimum Gasteiger partial charge on any atom is -0.355 e. The maximum absolute atomic E-state index is 10.6. The van der Waals surface area contributed by atoms with Crippen molar-refractivity contribution in [2.45, 2.75) is 19.3 Å². The lowest BCUT2D eigenvalue weighted by molar-refractivity contribution is -0.119. The van der Waals surface area contributed by atoms with Gasteiger partial charge in [0.25, 0.3) is 0 Å². The third kappa shape index (κ3) is 2.82. The molecule has 1 aliphatic carbocycles. The van der Waals surface area contributed by atoms with Crippen LogP contribution in [-0.2, 0) is 4.79 Å². The highest BCUT2D eigenvalue weighted by Crippen LogP contribution is 2.31. The van der Waals surface area contributed by atoms with Crippen LogP contribution in [0.3, 0.4) is 0 Å². The Bertz CT molecular complexity index is 121. The van der Waals surface area contributed by atoms with Crippen molar-refractivity contribution in [2.24, 2.45) is 11.7 Å². The summed E-state index contributed by atoms with van der Waals surface area (Å²) in [4.78, 5) is 10.6. The van der Waals surface area contributed by atoms with Crippen molar-refractivity contribution in [1.29, 1.82) is 0 Å². The number of hydrogen-bond acceptors (Lipinski definition) is 2. The normalized spacial score (nSPS) is 16.9. The highest BCUT2D eigenvalue weighted by atomic mass is 16.1. The molecule has 3 N–H and O–H groups in total. The van der Waals surface area contributed by atoms with Crippen molar-refractivity contribution >= 4 is 5.91 Å². The maximum Gasteiger partial charge on any atom is 0.233 e. The SMILES string of the molecule is NCC(=O)NCCC1CC1. The Morgan fingerprint density at radius 3 is 2.80 bits per heavy atom. The van der Waals surface area contributed by atoms with E-state index in [1.54, 1.807) is 0 Å². The monoisotopic (exact) mass is 142 g/mol. The number of amides is 1. The molecule has 1 rings (SSSR count). The highest BCUT2D eigenvalue weighted by Gasteiger charge is 2.20. The molecule has 0 saturated heterocycles. The summed E-state index contributed by atoms with van der Waals surface area (Å²) in [6.45, 7) is 0.922. The van der Waals surface area contributed by atoms with Gasteiger partial charge in [-0.05, 0) is 12.3 Å². The van der Waals surface area contributed by atoms with Gasteiger partial charge in [-0.25, -0.2) is 0 Å². The van der Waals surface area contributed by atoms with E-state index < -0.39 is 0 Å². The summed E-state index contributed by atoms with van der Waals surface area (Å²) in [6, 6.07) is 0. The fourth-order valence-corrected chi connectivity index (χ4v) is 0.894. The molecule has 0 aliphatic heterocycles. The van der Waals surface area contributed by atoms with Gasteiger partial charge in [0.2, 0.25) is 5.91 Å². The van der Waals surface area contributed by atoms with Crippen molar-refractivity contribution in [1.82, 2.24) is 5.32 Å². The van der Waals surface area contributed by atoms with E-state index in [-0.39, 0.29) is 12.5 Å². The van der Waals surface area contributed by atoms with Crippen LogP contribution in [0.5, 0.6) is 0 Å². The summed E-state index contributed by atoms with van der Waals surface area (Å²) in [5.74, 6) is 0.846. The largest absolute Gasteiger partial charge is 0.355 e. The highest BCUT2D eigenvalue weighted by molar-refractivity contribution is 5.77. The molecule has 0 spiro atoms. The number of carbonyl (C=O) groups excluding carboxylic acids is 1. The van der Waals surface area contributed by atoms with Crippen molar-refractivity contribution in [3.63, 3.8) is 0 Å². The van der Waals surface area contributed by atoms with Gasteiger partial charge in [-0.1, -0.05) is 12.8 Å². The fraction of sp³-hybridized carbons (Fsp3) is 0.857. The van der Waals surface area contributed by atoms with Gasteiger partial charge in [-0.2, -0.15) is 0 Å². The number of rotatable bonds is 4. The Labute approximate surface area is 61.0 Å². The average molecular weight is 142 g/mol. The maximum atomic E-state index is 10.6. The Morgan fingerprint density at radius 1 is 1.60 bits per heavy atom. The summed E-state index contributed by atoms with van der Waals surface area (Å²) in [6.07, 6.45) is 3.82. The minimum atomic E-state index is -0.0411. The Balaban J connectivity index is 1.88. The van der Waals surface area contributed by atoms with E-state index in [9.17, 15) is 4.79 Å². The zero-order valence-electron chi connectivity index (χ0n) is 6.10. The zero-order chi connectivity index (χ0) is 7.40. The molecule has 3 heteroatoms. The van der Waals surface area contributed by atoms with Gasteiger partial charge < -0.3 is 11.1 Å². The van der Waals surface area contributed by atoms with E-state index in [1.807, 2.05) is 0 Å². The summed E-state index contributed by atoms with van der Waals surface area (Å²) >= 11 is 0. The van der Waals surface area contributed by atoms with Crippen LogP contribution in [0.1, 0.15) is 19.3 Å². The molecule has 1 amide bonds. The zero-order valence-corrected chi connectivity index (χ0v) is 6.10. The first kappa shape index (κ1) is 7.54. The predicted octanol–water partition coefficient (Wildman–Crippen LogP) is -0.139. The lowest BCUT2D eigenvalue weighted by atomic mass is 10.3. The van der Waals surface area contributed by atoms with Crippen LogP contribution >= 0.6 is 0 Å². The molecule has 1 fully saturated rings. The van der Waals surface area contributed by atoms with E-state index >= 15 is 0 Å². The molecule has 0 aromatic rings. The molecule has 0 heterocycles. The summed E-state index contributed by atoms with van der Waals surface area (Å²) in [5.41, 5.74) is 5.09. The number of nitrogens with two attached hydrogens (primary N) is 1. The van der Waals surface area contributed by atoms with E-state index in [2.05, 4.69) is 5.32 Å². The predicted molar refractivity (Wildman–Crippen MR) is 39.4 cm³/mol. The molecule has 1 saturated carbocycles. The average Bonchev–Trinajstić information content (AvgIpc) is 2.71. The van der Waals surface area contributed by atoms with Crippen LogP contribution in [-0.4, -0.2) is 19.0 Å². The molecule has 1 aliphatic rings. The van der Waals surface area contributed by atoms with Crippen LogP contribution in [0.4, 0.5) is 0 Å². The summed E-state index contributed by atoms with van der Waals surface area (Å²) in [7, 11) is 0. The molecule has 58 valence electrons. The van der Waals surface area contributed by atoms with Crippen LogP contribution in [0.15, 0.2) is 0 Å². The van der Waals surface area contributed by atoms with Crippen molar-refractivity contribution in [3.05, 3.63) is 0 Å². The molecule has 0 aromatic heterocycles. The lowest BCUT2D eigenvalue weighted by Gasteiger charge is -2.00. The second-order valence-electron chi connectivity index (χ2n) is 2.79. The number of nitrogens with one attached hydrogen (secondary N) is 1. The fourth-order valence-electron chi connectivity index (χ4n) is 0.894. The van der Waals surface area contributed by atoms with E-state index in [1.165, 1.54) is 12.8 Å². The van der Waals surface area contributed by atoms with Gasteiger partial charge in [0.05, 0.1) is 6.54 Å². The molecule has 0 unspecified atom stereocenters. The number of carbonyl (C=O) groups is 1. The second kappa shape index (κ2) is 3.56. The summed E-state index contributed by atoms with van der Waals surface area (Å²) < 4.78 is 0. The smallest absolute Gasteiger partial charge is 0.233 e. The van der Waals surface area contributed by atoms with Crippen LogP contribution < -0.4 is 11.1 Å². The van der Waals surface area contributed by atoms with Crippen molar-refractivity contribution in [2.75, 3.05) is 13.1 Å². The molecule has 0 bridgehead atoms. The summed E-state index contributed by atoms with van der Waals surface area (Å²) in [5, 5.41) is 2.74. The van der Waals surface area contributed by atoms with Crippen molar-refractivity contribution < 1.29 is 4.79 Å². The van der Waals surface area contributed by atoms with Crippen LogP contribution in [0.25, 0.3) is 0 Å². The first-order chi connectivity index (χ1) is 4.83. The third-order valence-electron chi connectivity index (χ3n) is 1.76. The minimum absolute atomic E-state index is 0.0411. The van der Waals surface area contributed by atoms with E-state index in [4.69, 9.17) is 5.73 Å². The van der Waals surface area contributed by atoms with Gasteiger partial charge in [0, 0.05) is 6.54 Å². The first-order valence-corrected chi connectivity index (χ1v) is 3.79. The molecule has 0 atom stereocenters. The molecule has 0 aromatic carbocycles. The number of hydrogen-bond donors (Lipinski definition) is 2. The molecular weight excluding hydrogens is 128 g/mol. The van der Waals surface area contributed by atoms with Crippen molar-refractivity contribution in [3.8, 4) is 0 Å². The Kier molecular flexibility index (Phi) is 2.68. The van der Waals surface area contributed by atoms with Gasteiger partial charge >= 0.3 is 0 Å². The standard InChI is InChI=1S/C7H14N2O/c8-5-7(10)9-4-3-6-1-2-6/h6H,1-5,8H2,(H,9,10). The first-order valence-electron chi connectivity index (χ1n) is 3.79. The quantitative estimate of drug-likeness (QED) is 0.574. The van der Waals surface area contributed by atoms with Crippen LogP contribution in [0.2, 0.25) is 0 Å². The molecular formula is C7H14N2O. The molecule has 0 radical (unpaired) electrons. The molecule has 10 heavy (non-hydrogen) atoms. The van der Waals surface area contributed by atoms with E-state index in [0.29, 0.717) is 0 Å². The molecule has 3 nitrogen and oxygen atoms in total. The van der Waals surface area contributed by atoms with Gasteiger partial charge in [-0.15, -0.1) is 0 Å². The van der Waals surface area contributed by atoms with Gasteiger partial charge in [-0.3, -0.25) is 4.79 Å². The Hall–Kier alpha value is -0.570. The Morgan fingerprint density at radius 2 is 2.30 bits per heavy atom. The topological polar surface area (TPSA) is 55.1 Å². The lowest BCUT2D eigenvalue weighted by Crippen LogP contribution is -2.31. The second-order valence-corrected chi connectivity index (χ2v) is 2.79. The third-order valence-corrected chi connectivity index (χ3v) is 1.76. The van der Waals surface area contributed by atoms with Crippen LogP contribution in [0, 0.1) is 5.92 Å². The van der Waals surface area contributed by atoms with E-state index in [0.717, 1.165) is 18.9 Å².